The van der Waals surface area contributed by atoms with E-state index in [1.165, 1.54) is 0 Å². The maximum atomic E-state index is 12.5. The fourth-order valence-electron chi connectivity index (χ4n) is 2.40. The first kappa shape index (κ1) is 11.1. The number of Topliss-reactive ketones (excluding diaryl/α,β-unsaturated/α-hetero) is 1. The van der Waals surface area contributed by atoms with Gasteiger partial charge < -0.3 is 4.74 Å². The van der Waals surface area contributed by atoms with E-state index >= 15 is 0 Å². The lowest BCUT2D eigenvalue weighted by atomic mass is 9.99. The van der Waals surface area contributed by atoms with E-state index < -0.39 is 15.7 Å². The Bertz CT molecular complexity index is 494. The van der Waals surface area contributed by atoms with E-state index in [9.17, 15) is 9.00 Å². The molecule has 1 saturated carbocycles. The molecule has 0 radical (unpaired) electrons. The summed E-state index contributed by atoms with van der Waals surface area (Å²) in [5, 5.41) is 0. The molecular formula is C13H14O3S. The molecule has 1 aliphatic heterocycles. The van der Waals surface area contributed by atoms with Gasteiger partial charge in [-0.3, -0.25) is 9.00 Å². The van der Waals surface area contributed by atoms with Crippen molar-refractivity contribution >= 4 is 16.6 Å². The van der Waals surface area contributed by atoms with Crippen molar-refractivity contribution < 1.29 is 13.7 Å². The van der Waals surface area contributed by atoms with Gasteiger partial charge in [0.2, 0.25) is 4.93 Å². The Morgan fingerprint density at radius 3 is 2.71 bits per heavy atom. The highest BCUT2D eigenvalue weighted by atomic mass is 32.2. The van der Waals surface area contributed by atoms with Gasteiger partial charge in [-0.05, 0) is 31.9 Å². The number of fused-ring (bicyclic) bond motifs is 1. The summed E-state index contributed by atoms with van der Waals surface area (Å²) in [4.78, 5) is 11.6. The number of carbonyl (C=O) groups is 1. The summed E-state index contributed by atoms with van der Waals surface area (Å²) in [6.45, 7) is 1.98. The molecule has 1 aromatic rings. The molecule has 0 bridgehead atoms. The molecule has 0 N–H and O–H groups in total. The number of hydrogen-bond donors (Lipinski definition) is 0. The average Bonchev–Trinajstić information content (AvgIpc) is 3.06. The molecule has 0 aromatic heterocycles. The zero-order valence-corrected chi connectivity index (χ0v) is 10.5. The summed E-state index contributed by atoms with van der Waals surface area (Å²) in [6.07, 6.45) is 2.08. The number of ether oxygens (including phenoxy) is 1. The topological polar surface area (TPSA) is 46.7 Å². The van der Waals surface area contributed by atoms with Gasteiger partial charge in [0, 0.05) is 11.3 Å². The van der Waals surface area contributed by atoms with E-state index in [-0.39, 0.29) is 11.9 Å². The highest BCUT2D eigenvalue weighted by molar-refractivity contribution is 7.87. The molecule has 2 aliphatic rings. The van der Waals surface area contributed by atoms with Crippen molar-refractivity contribution in [1.29, 1.82) is 0 Å². The van der Waals surface area contributed by atoms with Gasteiger partial charge in [-0.1, -0.05) is 17.7 Å². The zero-order chi connectivity index (χ0) is 12.0. The third-order valence-corrected chi connectivity index (χ3v) is 5.29. The van der Waals surface area contributed by atoms with Crippen LogP contribution in [-0.2, 0) is 20.3 Å². The van der Waals surface area contributed by atoms with Gasteiger partial charge in [0.05, 0.1) is 10.8 Å². The highest BCUT2D eigenvalue weighted by Crippen LogP contribution is 2.49. The second kappa shape index (κ2) is 3.75. The molecule has 3 rings (SSSR count). The Hall–Kier alpha value is -1.00. The van der Waals surface area contributed by atoms with E-state index in [2.05, 4.69) is 0 Å². The molecule has 90 valence electrons. The number of epoxide rings is 1. The highest BCUT2D eigenvalue weighted by Gasteiger charge is 2.68. The van der Waals surface area contributed by atoms with Crippen LogP contribution in [0.15, 0.2) is 29.2 Å². The summed E-state index contributed by atoms with van der Waals surface area (Å²) in [6, 6.07) is 7.46. The number of ketones is 1. The SMILES string of the molecule is Cc1ccc(S(=O)[C@@]23O[C@@H]2CCCC3=O)cc1. The Balaban J connectivity index is 1.92. The number of benzene rings is 1. The monoisotopic (exact) mass is 250 g/mol. The fourth-order valence-corrected chi connectivity index (χ4v) is 4.00. The minimum Gasteiger partial charge on any atom is -0.344 e. The Labute approximate surface area is 103 Å². The van der Waals surface area contributed by atoms with Gasteiger partial charge in [0.25, 0.3) is 0 Å². The lowest BCUT2D eigenvalue weighted by molar-refractivity contribution is -0.121. The molecule has 1 saturated heterocycles. The molecular weight excluding hydrogens is 236 g/mol. The molecule has 0 spiro atoms. The molecule has 1 heterocycles. The smallest absolute Gasteiger partial charge is 0.232 e. The van der Waals surface area contributed by atoms with Gasteiger partial charge in [-0.25, -0.2) is 0 Å². The summed E-state index contributed by atoms with van der Waals surface area (Å²) in [7, 11) is -1.37. The molecule has 3 atom stereocenters. The predicted molar refractivity (Wildman–Crippen MR) is 64.0 cm³/mol. The number of carbonyl (C=O) groups excluding carboxylic acids is 1. The second-order valence-electron chi connectivity index (χ2n) is 4.67. The molecule has 1 aliphatic carbocycles. The molecule has 17 heavy (non-hydrogen) atoms. The first-order valence-electron chi connectivity index (χ1n) is 5.84. The molecule has 0 amide bonds. The van der Waals surface area contributed by atoms with Crippen LogP contribution in [0.2, 0.25) is 0 Å². The number of hydrogen-bond acceptors (Lipinski definition) is 3. The van der Waals surface area contributed by atoms with E-state index in [1.807, 2.05) is 31.2 Å². The largest absolute Gasteiger partial charge is 0.344 e. The molecule has 2 fully saturated rings. The van der Waals surface area contributed by atoms with Crippen molar-refractivity contribution in [1.82, 2.24) is 0 Å². The molecule has 4 heteroatoms. The Kier molecular flexibility index (Phi) is 2.45. The maximum Gasteiger partial charge on any atom is 0.232 e. The Morgan fingerprint density at radius 2 is 2.06 bits per heavy atom. The van der Waals surface area contributed by atoms with Crippen LogP contribution in [0.5, 0.6) is 0 Å². The third kappa shape index (κ3) is 1.58. The quantitative estimate of drug-likeness (QED) is 0.754. The summed E-state index contributed by atoms with van der Waals surface area (Å²) in [5.74, 6) is 0.00709. The van der Waals surface area contributed by atoms with Crippen molar-refractivity contribution in [2.24, 2.45) is 0 Å². The summed E-state index contributed by atoms with van der Waals surface area (Å²) in [5.41, 5.74) is 1.12. The predicted octanol–water partition coefficient (Wildman–Crippen LogP) is 1.95. The minimum atomic E-state index is -1.37. The van der Waals surface area contributed by atoms with Crippen molar-refractivity contribution in [2.75, 3.05) is 0 Å². The first-order valence-corrected chi connectivity index (χ1v) is 6.99. The normalized spacial score (nSPS) is 33.0. The first-order chi connectivity index (χ1) is 8.14. The van der Waals surface area contributed by atoms with Crippen molar-refractivity contribution in [3.8, 4) is 0 Å². The summed E-state index contributed by atoms with van der Waals surface area (Å²) < 4.78 is 17.9. The standard InChI is InChI=1S/C13H14O3S/c1-9-5-7-10(8-6-9)17(15)13-11(14)3-2-4-12(13)16-13/h5-8,12H,2-4H2,1H3/t12-,13-,17?/m1/s1. The number of aryl methyl sites for hydroxylation is 1. The van der Waals surface area contributed by atoms with Crippen LogP contribution >= 0.6 is 0 Å². The van der Waals surface area contributed by atoms with Crippen LogP contribution in [0.1, 0.15) is 24.8 Å². The van der Waals surface area contributed by atoms with Crippen molar-refractivity contribution in [3.05, 3.63) is 29.8 Å². The van der Waals surface area contributed by atoms with E-state index in [0.717, 1.165) is 18.4 Å². The van der Waals surface area contributed by atoms with Crippen molar-refractivity contribution in [3.63, 3.8) is 0 Å². The maximum absolute atomic E-state index is 12.5. The van der Waals surface area contributed by atoms with Crippen LogP contribution < -0.4 is 0 Å². The van der Waals surface area contributed by atoms with Crippen molar-refractivity contribution in [2.45, 2.75) is 42.1 Å². The molecule has 1 unspecified atom stereocenters. The minimum absolute atomic E-state index is 0.00709. The Morgan fingerprint density at radius 1 is 1.35 bits per heavy atom. The second-order valence-corrected chi connectivity index (χ2v) is 6.29. The van der Waals surface area contributed by atoms with Crippen LogP contribution in [0.25, 0.3) is 0 Å². The van der Waals surface area contributed by atoms with E-state index in [0.29, 0.717) is 11.3 Å². The average molecular weight is 250 g/mol. The van der Waals surface area contributed by atoms with E-state index in [1.54, 1.807) is 0 Å². The third-order valence-electron chi connectivity index (χ3n) is 3.45. The van der Waals surface area contributed by atoms with Gasteiger partial charge in [0.1, 0.15) is 6.10 Å². The van der Waals surface area contributed by atoms with Crippen LogP contribution in [0.3, 0.4) is 0 Å². The zero-order valence-electron chi connectivity index (χ0n) is 9.64. The molecule has 1 aromatic carbocycles. The van der Waals surface area contributed by atoms with Gasteiger partial charge >= 0.3 is 0 Å². The van der Waals surface area contributed by atoms with Crippen LogP contribution in [0.4, 0.5) is 0 Å². The fraction of sp³-hybridized carbons (Fsp3) is 0.462. The van der Waals surface area contributed by atoms with E-state index in [4.69, 9.17) is 4.74 Å². The number of rotatable bonds is 2. The summed E-state index contributed by atoms with van der Waals surface area (Å²) >= 11 is 0. The lowest BCUT2D eigenvalue weighted by Crippen LogP contribution is -2.35. The van der Waals surface area contributed by atoms with Crippen LogP contribution in [-0.4, -0.2) is 21.0 Å². The van der Waals surface area contributed by atoms with Gasteiger partial charge in [-0.15, -0.1) is 0 Å². The molecule has 3 nitrogen and oxygen atoms in total. The van der Waals surface area contributed by atoms with Gasteiger partial charge in [0.15, 0.2) is 5.78 Å². The van der Waals surface area contributed by atoms with Gasteiger partial charge in [-0.2, -0.15) is 0 Å². The lowest BCUT2D eigenvalue weighted by Gasteiger charge is -2.15. The van der Waals surface area contributed by atoms with Crippen LogP contribution in [0, 0.1) is 6.92 Å².